The first-order chi connectivity index (χ1) is 16.7. The Kier molecular flexibility index (Phi) is 8.26. The van der Waals surface area contributed by atoms with Gasteiger partial charge in [-0.2, -0.15) is 0 Å². The molecule has 2 saturated carbocycles. The smallest absolute Gasteiger partial charge is 0.407 e. The van der Waals surface area contributed by atoms with Crippen molar-refractivity contribution < 1.29 is 27.8 Å². The van der Waals surface area contributed by atoms with Crippen LogP contribution in [0.25, 0.3) is 0 Å². The molecule has 0 spiro atoms. The van der Waals surface area contributed by atoms with E-state index in [-0.39, 0.29) is 35.6 Å². The van der Waals surface area contributed by atoms with Gasteiger partial charge in [-0.25, -0.2) is 18.4 Å². The molecule has 2 fully saturated rings. The summed E-state index contributed by atoms with van der Waals surface area (Å²) in [5.41, 5.74) is 1.14. The van der Waals surface area contributed by atoms with E-state index in [9.17, 15) is 18.4 Å². The van der Waals surface area contributed by atoms with E-state index in [1.54, 1.807) is 24.3 Å². The third kappa shape index (κ3) is 9.13. The molecule has 6 nitrogen and oxygen atoms in total. The Labute approximate surface area is 211 Å². The number of alkyl carbamates (subject to hydrolysis) is 2. The zero-order chi connectivity index (χ0) is 26.7. The minimum absolute atomic E-state index is 0.102. The number of hydrogen-bond donors (Lipinski definition) is 2. The quantitative estimate of drug-likeness (QED) is 0.506. The van der Waals surface area contributed by atoms with Crippen molar-refractivity contribution in [2.24, 2.45) is 0 Å². The van der Waals surface area contributed by atoms with Crippen LogP contribution in [0.2, 0.25) is 0 Å². The Morgan fingerprint density at radius 3 is 1.25 bits per heavy atom. The third-order valence-electron chi connectivity index (χ3n) is 5.58. The average Bonchev–Trinajstić information content (AvgIpc) is 3.64. The van der Waals surface area contributed by atoms with E-state index in [2.05, 4.69) is 10.6 Å². The molecule has 0 unspecified atom stereocenters. The molecular weight excluding hydrogens is 466 g/mol. The normalized spacial score (nSPS) is 22.4. The molecule has 4 rings (SSSR count). The first kappa shape index (κ1) is 27.4. The summed E-state index contributed by atoms with van der Waals surface area (Å²) in [5.74, 6) is 0.0725. The summed E-state index contributed by atoms with van der Waals surface area (Å²) >= 11 is 0. The number of hydrogen-bond acceptors (Lipinski definition) is 4. The Balaban J connectivity index is 0.000000201. The van der Waals surface area contributed by atoms with Crippen molar-refractivity contribution in [2.45, 2.75) is 89.5 Å². The maximum absolute atomic E-state index is 12.8. The molecule has 0 saturated heterocycles. The van der Waals surface area contributed by atoms with Gasteiger partial charge >= 0.3 is 12.2 Å². The van der Waals surface area contributed by atoms with Crippen molar-refractivity contribution >= 4 is 12.2 Å². The molecule has 4 atom stereocenters. The fourth-order valence-electron chi connectivity index (χ4n) is 3.78. The number of carbonyl (C=O) groups excluding carboxylic acids is 2. The molecule has 0 bridgehead atoms. The molecule has 2 N–H and O–H groups in total. The Hall–Kier alpha value is -3.16. The van der Waals surface area contributed by atoms with Crippen LogP contribution in [0.3, 0.4) is 0 Å². The van der Waals surface area contributed by atoms with E-state index in [4.69, 9.17) is 9.47 Å². The van der Waals surface area contributed by atoms with Gasteiger partial charge < -0.3 is 20.1 Å². The average molecular weight is 503 g/mol. The topological polar surface area (TPSA) is 76.7 Å². The standard InChI is InChI=1S/2C14H18FNO2/c2*1-14(2,3)18-13(17)16-12-8-11(12)9-4-6-10(15)7-5-9/h2*4-7,11-12H,8H2,1-3H3,(H,16,17)/t2*11-,12+/m10/s1. The predicted octanol–water partition coefficient (Wildman–Crippen LogP) is 6.41. The van der Waals surface area contributed by atoms with Crippen LogP contribution in [0, 0.1) is 11.6 Å². The van der Waals surface area contributed by atoms with E-state index in [0.717, 1.165) is 24.0 Å². The second-order valence-electron chi connectivity index (χ2n) is 11.3. The number of amides is 2. The first-order valence-corrected chi connectivity index (χ1v) is 12.2. The molecule has 0 heterocycles. The zero-order valence-electron chi connectivity index (χ0n) is 21.7. The Morgan fingerprint density at radius 1 is 0.667 bits per heavy atom. The minimum Gasteiger partial charge on any atom is -0.444 e. The molecule has 8 heteroatoms. The highest BCUT2D eigenvalue weighted by Gasteiger charge is 2.41. The lowest BCUT2D eigenvalue weighted by Gasteiger charge is -2.19. The summed E-state index contributed by atoms with van der Waals surface area (Å²) in [7, 11) is 0. The minimum atomic E-state index is -0.482. The molecule has 2 aliphatic rings. The van der Waals surface area contributed by atoms with E-state index in [1.165, 1.54) is 24.3 Å². The molecule has 2 aromatic carbocycles. The van der Waals surface area contributed by atoms with Gasteiger partial charge in [-0.15, -0.1) is 0 Å². The summed E-state index contributed by atoms with van der Waals surface area (Å²) in [4.78, 5) is 23.1. The van der Waals surface area contributed by atoms with Gasteiger partial charge in [0, 0.05) is 23.9 Å². The number of nitrogens with one attached hydrogen (secondary N) is 2. The molecule has 2 amide bonds. The van der Waals surface area contributed by atoms with Gasteiger partial charge in [-0.05, 0) is 89.8 Å². The van der Waals surface area contributed by atoms with Gasteiger partial charge in [-0.3, -0.25) is 0 Å². The monoisotopic (exact) mass is 502 g/mol. The second kappa shape index (κ2) is 10.8. The van der Waals surface area contributed by atoms with Crippen LogP contribution in [0.1, 0.15) is 77.3 Å². The number of carbonyl (C=O) groups is 2. The first-order valence-electron chi connectivity index (χ1n) is 12.2. The maximum Gasteiger partial charge on any atom is 0.407 e. The molecule has 0 aliphatic heterocycles. The Morgan fingerprint density at radius 2 is 0.972 bits per heavy atom. The molecule has 0 radical (unpaired) electrons. The van der Waals surface area contributed by atoms with E-state index >= 15 is 0 Å². The molecular formula is C28H36F2N2O4. The lowest BCUT2D eigenvalue weighted by atomic mass is 10.1. The second-order valence-corrected chi connectivity index (χ2v) is 11.3. The number of ether oxygens (including phenoxy) is 2. The molecule has 0 aromatic heterocycles. The van der Waals surface area contributed by atoms with Crippen LogP contribution < -0.4 is 10.6 Å². The van der Waals surface area contributed by atoms with Gasteiger partial charge in [0.05, 0.1) is 0 Å². The fourth-order valence-corrected chi connectivity index (χ4v) is 3.78. The highest BCUT2D eigenvalue weighted by Crippen LogP contribution is 2.41. The molecule has 196 valence electrons. The summed E-state index contributed by atoms with van der Waals surface area (Å²) in [6.07, 6.45) is 0.977. The van der Waals surface area contributed by atoms with Crippen LogP contribution in [-0.4, -0.2) is 35.5 Å². The fraction of sp³-hybridized carbons (Fsp3) is 0.500. The van der Waals surface area contributed by atoms with Crippen LogP contribution in [0.15, 0.2) is 48.5 Å². The van der Waals surface area contributed by atoms with Gasteiger partial charge in [0.25, 0.3) is 0 Å². The molecule has 2 aromatic rings. The van der Waals surface area contributed by atoms with Crippen LogP contribution in [0.4, 0.5) is 18.4 Å². The SMILES string of the molecule is CC(C)(C)OC(=O)N[C@@H]1C[C@H]1c1ccc(F)cc1.CC(C)(C)OC(=O)N[C@H]1C[C@@H]1c1ccc(F)cc1. The van der Waals surface area contributed by atoms with Crippen LogP contribution in [0.5, 0.6) is 0 Å². The molecule has 36 heavy (non-hydrogen) atoms. The van der Waals surface area contributed by atoms with E-state index in [0.29, 0.717) is 0 Å². The van der Waals surface area contributed by atoms with E-state index < -0.39 is 23.4 Å². The number of halogens is 2. The van der Waals surface area contributed by atoms with E-state index in [1.807, 2.05) is 41.5 Å². The number of rotatable bonds is 4. The van der Waals surface area contributed by atoms with Crippen molar-refractivity contribution in [3.63, 3.8) is 0 Å². The van der Waals surface area contributed by atoms with Crippen LogP contribution >= 0.6 is 0 Å². The van der Waals surface area contributed by atoms with Crippen molar-refractivity contribution in [1.82, 2.24) is 10.6 Å². The van der Waals surface area contributed by atoms with Gasteiger partial charge in [0.15, 0.2) is 0 Å². The Bertz CT molecular complexity index is 958. The van der Waals surface area contributed by atoms with Crippen molar-refractivity contribution in [2.75, 3.05) is 0 Å². The highest BCUT2D eigenvalue weighted by atomic mass is 19.1. The predicted molar refractivity (Wildman–Crippen MR) is 134 cm³/mol. The van der Waals surface area contributed by atoms with Crippen molar-refractivity contribution in [1.29, 1.82) is 0 Å². The summed E-state index contributed by atoms with van der Waals surface area (Å²) in [5, 5.41) is 5.64. The lowest BCUT2D eigenvalue weighted by molar-refractivity contribution is 0.0511. The lowest BCUT2D eigenvalue weighted by Crippen LogP contribution is -2.34. The maximum atomic E-state index is 12.8. The zero-order valence-corrected chi connectivity index (χ0v) is 21.7. The van der Waals surface area contributed by atoms with Gasteiger partial charge in [0.1, 0.15) is 22.8 Å². The van der Waals surface area contributed by atoms with Crippen molar-refractivity contribution in [3.8, 4) is 0 Å². The van der Waals surface area contributed by atoms with Crippen LogP contribution in [-0.2, 0) is 9.47 Å². The number of benzene rings is 2. The largest absolute Gasteiger partial charge is 0.444 e. The summed E-state index contributed by atoms with van der Waals surface area (Å²) in [6, 6.07) is 13.0. The summed E-state index contributed by atoms with van der Waals surface area (Å²) < 4.78 is 35.9. The highest BCUT2D eigenvalue weighted by molar-refractivity contribution is 5.69. The van der Waals surface area contributed by atoms with Crippen molar-refractivity contribution in [3.05, 3.63) is 71.3 Å². The summed E-state index contributed by atoms with van der Waals surface area (Å²) in [6.45, 7) is 11.0. The molecule has 2 aliphatic carbocycles. The van der Waals surface area contributed by atoms with Gasteiger partial charge in [0.2, 0.25) is 0 Å². The van der Waals surface area contributed by atoms with Gasteiger partial charge in [-0.1, -0.05) is 24.3 Å². The third-order valence-corrected chi connectivity index (χ3v) is 5.58.